The highest BCUT2D eigenvalue weighted by Gasteiger charge is 2.16. The lowest BCUT2D eigenvalue weighted by molar-refractivity contribution is 0.239. The summed E-state index contributed by atoms with van der Waals surface area (Å²) in [6.07, 6.45) is 0. The van der Waals surface area contributed by atoms with Gasteiger partial charge in [-0.25, -0.2) is 18.3 Å². The van der Waals surface area contributed by atoms with E-state index in [2.05, 4.69) is 10.4 Å². The number of benzene rings is 1. The third-order valence-electron chi connectivity index (χ3n) is 2.70. The topological polar surface area (TPSA) is 49.8 Å². The summed E-state index contributed by atoms with van der Waals surface area (Å²) in [5.41, 5.74) is 0.328. The van der Waals surface area contributed by atoms with Crippen LogP contribution in [-0.2, 0) is 6.54 Å². The van der Waals surface area contributed by atoms with E-state index in [0.29, 0.717) is 6.54 Å². The normalized spacial score (nSPS) is 11.1. The molecule has 0 fully saturated rings. The zero-order valence-electron chi connectivity index (χ0n) is 9.61. The van der Waals surface area contributed by atoms with Gasteiger partial charge in [0.1, 0.15) is 11.3 Å². The molecule has 7 heteroatoms. The second kappa shape index (κ2) is 4.51. The average Bonchev–Trinajstić information content (AvgIpc) is 2.84. The molecule has 0 aliphatic carbocycles. The fourth-order valence-electron chi connectivity index (χ4n) is 1.78. The van der Waals surface area contributed by atoms with E-state index < -0.39 is 17.7 Å². The molecule has 0 aliphatic heterocycles. The number of nitrogens with zero attached hydrogens (tertiary/aromatic N) is 1. The first-order chi connectivity index (χ1) is 9.15. The fraction of sp³-hybridized carbons (Fsp3) is 0.0833. The summed E-state index contributed by atoms with van der Waals surface area (Å²) in [5, 5.41) is 7.09. The van der Waals surface area contributed by atoms with Crippen LogP contribution in [0.3, 0.4) is 0 Å². The molecule has 0 saturated carbocycles. The van der Waals surface area contributed by atoms with Crippen molar-refractivity contribution in [2.75, 3.05) is 0 Å². The molecule has 1 amide bonds. The van der Waals surface area contributed by atoms with Crippen molar-refractivity contribution < 1.29 is 13.6 Å². The van der Waals surface area contributed by atoms with E-state index in [0.717, 1.165) is 21.7 Å². The van der Waals surface area contributed by atoms with E-state index in [1.165, 1.54) is 11.3 Å². The van der Waals surface area contributed by atoms with Crippen LogP contribution in [0.5, 0.6) is 0 Å². The third-order valence-corrected chi connectivity index (χ3v) is 3.57. The summed E-state index contributed by atoms with van der Waals surface area (Å²) in [6, 6.07) is 5.20. The van der Waals surface area contributed by atoms with Gasteiger partial charge in [0.15, 0.2) is 5.82 Å². The summed E-state index contributed by atoms with van der Waals surface area (Å²) in [5.74, 6) is -1.42. The summed E-state index contributed by atoms with van der Waals surface area (Å²) < 4.78 is 27.4. The summed E-state index contributed by atoms with van der Waals surface area (Å²) in [7, 11) is 0. The highest BCUT2D eigenvalue weighted by molar-refractivity contribution is 7.09. The standard InChI is InChI=1S/C12H9F2N3OS/c13-7-4-9(14)11-10(5-7)17(16-11)12(18)15-6-8-2-1-3-19-8/h1-5,16H,6H2,(H,15,18). The van der Waals surface area contributed by atoms with Gasteiger partial charge in [0.05, 0.1) is 12.1 Å². The molecule has 4 nitrogen and oxygen atoms in total. The number of hydrogen-bond donors (Lipinski definition) is 2. The Hall–Kier alpha value is -2.15. The Balaban J connectivity index is 1.79. The fourth-order valence-corrected chi connectivity index (χ4v) is 2.43. The Labute approximate surface area is 110 Å². The number of H-pyrrole nitrogens is 1. The number of rotatable bonds is 2. The lowest BCUT2D eigenvalue weighted by atomic mass is 10.2. The van der Waals surface area contributed by atoms with E-state index in [1.54, 1.807) is 0 Å². The maximum Gasteiger partial charge on any atom is 0.341 e. The molecule has 2 N–H and O–H groups in total. The minimum atomic E-state index is -0.714. The van der Waals surface area contributed by atoms with Crippen LogP contribution in [0.2, 0.25) is 0 Å². The molecular weight excluding hydrogens is 272 g/mol. The van der Waals surface area contributed by atoms with Crippen LogP contribution in [0.25, 0.3) is 11.0 Å². The van der Waals surface area contributed by atoms with Crippen LogP contribution in [0, 0.1) is 11.6 Å². The molecule has 0 spiro atoms. The van der Waals surface area contributed by atoms with E-state index in [-0.39, 0.29) is 11.0 Å². The minimum Gasteiger partial charge on any atom is -0.331 e. The number of carbonyl (C=O) groups is 1. The van der Waals surface area contributed by atoms with Crippen LogP contribution in [-0.4, -0.2) is 15.8 Å². The van der Waals surface area contributed by atoms with Gasteiger partial charge >= 0.3 is 6.03 Å². The first-order valence-corrected chi connectivity index (χ1v) is 6.39. The van der Waals surface area contributed by atoms with Crippen molar-refractivity contribution in [1.29, 1.82) is 0 Å². The van der Waals surface area contributed by atoms with E-state index in [1.807, 2.05) is 17.5 Å². The van der Waals surface area contributed by atoms with Gasteiger partial charge in [0, 0.05) is 17.0 Å². The van der Waals surface area contributed by atoms with E-state index >= 15 is 0 Å². The van der Waals surface area contributed by atoms with E-state index in [4.69, 9.17) is 0 Å². The zero-order valence-corrected chi connectivity index (χ0v) is 10.4. The number of hydrogen-bond acceptors (Lipinski definition) is 2. The van der Waals surface area contributed by atoms with Gasteiger partial charge in [-0.2, -0.15) is 0 Å². The Bertz CT molecular complexity index is 730. The molecule has 98 valence electrons. The van der Waals surface area contributed by atoms with Gasteiger partial charge in [0.2, 0.25) is 0 Å². The van der Waals surface area contributed by atoms with Gasteiger partial charge < -0.3 is 5.32 Å². The molecule has 2 heterocycles. The van der Waals surface area contributed by atoms with Crippen LogP contribution in [0.15, 0.2) is 29.6 Å². The maximum absolute atomic E-state index is 13.3. The molecule has 3 rings (SSSR count). The average molecular weight is 281 g/mol. The SMILES string of the molecule is O=C(NCc1cccs1)n1[nH]c2c(F)cc(F)cc21. The first kappa shape index (κ1) is 11.9. The number of thiophene rings is 1. The van der Waals surface area contributed by atoms with Gasteiger partial charge in [-0.05, 0) is 11.4 Å². The van der Waals surface area contributed by atoms with Crippen molar-refractivity contribution in [2.24, 2.45) is 0 Å². The number of aromatic amines is 1. The lowest BCUT2D eigenvalue weighted by Gasteiger charge is -2.16. The Morgan fingerprint density at radius 2 is 2.26 bits per heavy atom. The van der Waals surface area contributed by atoms with Crippen molar-refractivity contribution >= 4 is 28.4 Å². The second-order valence-corrected chi connectivity index (χ2v) is 5.00. The number of fused-ring (bicyclic) bond motifs is 1. The molecule has 0 radical (unpaired) electrons. The molecule has 0 saturated heterocycles. The van der Waals surface area contributed by atoms with Crippen molar-refractivity contribution in [3.05, 3.63) is 46.2 Å². The maximum atomic E-state index is 13.3. The predicted octanol–water partition coefficient (Wildman–Crippen LogP) is 3.07. The van der Waals surface area contributed by atoms with Crippen molar-refractivity contribution in [3.63, 3.8) is 0 Å². The number of aromatic nitrogens is 2. The van der Waals surface area contributed by atoms with Gasteiger partial charge in [-0.1, -0.05) is 6.07 Å². The van der Waals surface area contributed by atoms with Crippen LogP contribution >= 0.6 is 11.3 Å². The van der Waals surface area contributed by atoms with Crippen molar-refractivity contribution in [1.82, 2.24) is 15.1 Å². The van der Waals surface area contributed by atoms with Crippen LogP contribution in [0.4, 0.5) is 13.6 Å². The molecule has 0 unspecified atom stereocenters. The van der Waals surface area contributed by atoms with Gasteiger partial charge in [0.25, 0.3) is 0 Å². The monoisotopic (exact) mass is 281 g/mol. The molecule has 0 aliphatic rings. The Kier molecular flexibility index (Phi) is 2.83. The molecule has 0 atom stereocenters. The number of amides is 1. The molecule has 1 aromatic carbocycles. The summed E-state index contributed by atoms with van der Waals surface area (Å²) >= 11 is 1.52. The largest absolute Gasteiger partial charge is 0.341 e. The number of halogens is 2. The number of carbonyl (C=O) groups excluding carboxylic acids is 1. The lowest BCUT2D eigenvalue weighted by Crippen LogP contribution is -2.32. The quantitative estimate of drug-likeness (QED) is 0.745. The highest BCUT2D eigenvalue weighted by Crippen LogP contribution is 2.20. The zero-order chi connectivity index (χ0) is 13.4. The Morgan fingerprint density at radius 1 is 1.42 bits per heavy atom. The van der Waals surface area contributed by atoms with Crippen molar-refractivity contribution in [2.45, 2.75) is 6.54 Å². The highest BCUT2D eigenvalue weighted by atomic mass is 32.1. The number of nitrogens with one attached hydrogen (secondary N) is 2. The molecular formula is C12H9F2N3OS. The molecule has 19 heavy (non-hydrogen) atoms. The molecule has 3 aromatic rings. The van der Waals surface area contributed by atoms with E-state index in [9.17, 15) is 13.6 Å². The van der Waals surface area contributed by atoms with Gasteiger partial charge in [-0.15, -0.1) is 11.3 Å². The predicted molar refractivity (Wildman–Crippen MR) is 68.2 cm³/mol. The summed E-state index contributed by atoms with van der Waals surface area (Å²) in [6.45, 7) is 0.377. The molecule has 2 aromatic heterocycles. The smallest absolute Gasteiger partial charge is 0.331 e. The van der Waals surface area contributed by atoms with Crippen LogP contribution in [0.1, 0.15) is 4.88 Å². The van der Waals surface area contributed by atoms with Gasteiger partial charge in [-0.3, -0.25) is 5.10 Å². The third kappa shape index (κ3) is 2.12. The second-order valence-electron chi connectivity index (χ2n) is 3.97. The first-order valence-electron chi connectivity index (χ1n) is 5.51. The summed E-state index contributed by atoms with van der Waals surface area (Å²) in [4.78, 5) is 12.8. The molecule has 0 bridgehead atoms. The van der Waals surface area contributed by atoms with Crippen LogP contribution < -0.4 is 5.32 Å². The Morgan fingerprint density at radius 3 is 3.00 bits per heavy atom. The minimum absolute atomic E-state index is 0.132. The van der Waals surface area contributed by atoms with Crippen molar-refractivity contribution in [3.8, 4) is 0 Å².